The van der Waals surface area contributed by atoms with Gasteiger partial charge in [-0.3, -0.25) is 4.79 Å². The van der Waals surface area contributed by atoms with Gasteiger partial charge >= 0.3 is 0 Å². The lowest BCUT2D eigenvalue weighted by Crippen LogP contribution is -2.46. The number of ether oxygens (including phenoxy) is 1. The van der Waals surface area contributed by atoms with Gasteiger partial charge in [0.25, 0.3) is 0 Å². The summed E-state index contributed by atoms with van der Waals surface area (Å²) in [6, 6.07) is 9.69. The number of nitrogens with one attached hydrogen (secondary N) is 1. The summed E-state index contributed by atoms with van der Waals surface area (Å²) < 4.78 is 5.37. The van der Waals surface area contributed by atoms with Crippen LogP contribution in [-0.2, 0) is 16.0 Å². The summed E-state index contributed by atoms with van der Waals surface area (Å²) in [6.07, 6.45) is 3.50. The molecule has 0 aliphatic carbocycles. The van der Waals surface area contributed by atoms with Gasteiger partial charge in [-0.05, 0) is 36.7 Å². The van der Waals surface area contributed by atoms with Crippen LogP contribution in [0, 0.1) is 5.41 Å². The zero-order valence-corrected chi connectivity index (χ0v) is 12.8. The minimum atomic E-state index is -0.436. The molecule has 2 rings (SSSR count). The molecule has 4 nitrogen and oxygen atoms in total. The molecule has 0 radical (unpaired) electrons. The van der Waals surface area contributed by atoms with Gasteiger partial charge in [0, 0.05) is 19.8 Å². The van der Waals surface area contributed by atoms with E-state index in [1.807, 2.05) is 18.2 Å². The predicted molar refractivity (Wildman–Crippen MR) is 83.9 cm³/mol. The van der Waals surface area contributed by atoms with Gasteiger partial charge in [0.1, 0.15) is 0 Å². The van der Waals surface area contributed by atoms with Crippen LogP contribution in [0.25, 0.3) is 0 Å². The van der Waals surface area contributed by atoms with Crippen molar-refractivity contribution in [3.8, 4) is 0 Å². The Hall–Kier alpha value is -1.39. The van der Waals surface area contributed by atoms with Crippen LogP contribution >= 0.6 is 0 Å². The van der Waals surface area contributed by atoms with Gasteiger partial charge in [-0.1, -0.05) is 37.3 Å². The number of amides is 1. The van der Waals surface area contributed by atoms with Crippen molar-refractivity contribution in [3.05, 3.63) is 35.9 Å². The summed E-state index contributed by atoms with van der Waals surface area (Å²) in [4.78, 5) is 12.1. The summed E-state index contributed by atoms with van der Waals surface area (Å²) in [5.41, 5.74) is 7.35. The average molecular weight is 290 g/mol. The summed E-state index contributed by atoms with van der Waals surface area (Å²) in [6.45, 7) is 4.46. The van der Waals surface area contributed by atoms with Gasteiger partial charge in [-0.15, -0.1) is 0 Å². The Morgan fingerprint density at radius 3 is 2.67 bits per heavy atom. The highest BCUT2D eigenvalue weighted by Crippen LogP contribution is 2.28. The van der Waals surface area contributed by atoms with E-state index in [-0.39, 0.29) is 11.3 Å². The van der Waals surface area contributed by atoms with E-state index < -0.39 is 6.04 Å². The van der Waals surface area contributed by atoms with Crippen LogP contribution in [-0.4, -0.2) is 31.7 Å². The first-order valence-corrected chi connectivity index (χ1v) is 7.74. The maximum atomic E-state index is 12.1. The van der Waals surface area contributed by atoms with E-state index >= 15 is 0 Å². The van der Waals surface area contributed by atoms with E-state index in [0.717, 1.165) is 32.5 Å². The minimum Gasteiger partial charge on any atom is -0.381 e. The van der Waals surface area contributed by atoms with Crippen LogP contribution in [0.15, 0.2) is 30.3 Å². The van der Waals surface area contributed by atoms with E-state index in [4.69, 9.17) is 10.5 Å². The zero-order chi connectivity index (χ0) is 15.1. The molecule has 0 bridgehead atoms. The number of hydrogen-bond donors (Lipinski definition) is 2. The monoisotopic (exact) mass is 290 g/mol. The van der Waals surface area contributed by atoms with Crippen LogP contribution in [0.5, 0.6) is 0 Å². The molecule has 1 aromatic carbocycles. The third-order valence-electron chi connectivity index (χ3n) is 4.31. The molecule has 116 valence electrons. The van der Waals surface area contributed by atoms with Gasteiger partial charge in [0.05, 0.1) is 6.04 Å². The van der Waals surface area contributed by atoms with Crippen molar-refractivity contribution in [2.24, 2.45) is 11.1 Å². The summed E-state index contributed by atoms with van der Waals surface area (Å²) in [7, 11) is 0. The van der Waals surface area contributed by atoms with Crippen molar-refractivity contribution in [2.45, 2.75) is 38.6 Å². The van der Waals surface area contributed by atoms with E-state index in [1.165, 1.54) is 5.56 Å². The second-order valence-corrected chi connectivity index (χ2v) is 6.27. The van der Waals surface area contributed by atoms with Gasteiger partial charge in [-0.2, -0.15) is 0 Å². The Balaban J connectivity index is 1.72. The van der Waals surface area contributed by atoms with Crippen molar-refractivity contribution in [2.75, 3.05) is 19.8 Å². The Kier molecular flexibility index (Phi) is 5.76. The lowest BCUT2D eigenvalue weighted by atomic mass is 9.82. The predicted octanol–water partition coefficient (Wildman–Crippen LogP) is 1.88. The molecule has 1 unspecified atom stereocenters. The molecule has 21 heavy (non-hydrogen) atoms. The molecule has 1 aliphatic heterocycles. The van der Waals surface area contributed by atoms with Crippen molar-refractivity contribution in [1.29, 1.82) is 0 Å². The number of carbonyl (C=O) groups excluding carboxylic acids is 1. The van der Waals surface area contributed by atoms with E-state index in [2.05, 4.69) is 24.4 Å². The molecule has 3 N–H and O–H groups in total. The summed E-state index contributed by atoms with van der Waals surface area (Å²) in [5, 5.41) is 3.01. The second kappa shape index (κ2) is 7.57. The van der Waals surface area contributed by atoms with Gasteiger partial charge in [0.15, 0.2) is 0 Å². The molecule has 1 saturated heterocycles. The standard InChI is InChI=1S/C17H26N2O2/c1-17(9-11-21-12-10-17)13-19-16(20)15(18)8-7-14-5-3-2-4-6-14/h2-6,15H,7-13,18H2,1H3,(H,19,20). The van der Waals surface area contributed by atoms with Crippen molar-refractivity contribution >= 4 is 5.91 Å². The van der Waals surface area contributed by atoms with Gasteiger partial charge in [-0.25, -0.2) is 0 Å². The minimum absolute atomic E-state index is 0.0429. The average Bonchev–Trinajstić information content (AvgIpc) is 2.52. The van der Waals surface area contributed by atoms with Crippen molar-refractivity contribution in [3.63, 3.8) is 0 Å². The molecule has 1 amide bonds. The second-order valence-electron chi connectivity index (χ2n) is 6.27. The van der Waals surface area contributed by atoms with E-state index in [1.54, 1.807) is 0 Å². The van der Waals surface area contributed by atoms with Crippen LogP contribution < -0.4 is 11.1 Å². The fraction of sp³-hybridized carbons (Fsp3) is 0.588. The Bertz CT molecular complexity index is 441. The highest BCUT2D eigenvalue weighted by Gasteiger charge is 2.28. The summed E-state index contributed by atoms with van der Waals surface area (Å²) >= 11 is 0. The molecular weight excluding hydrogens is 264 g/mol. The lowest BCUT2D eigenvalue weighted by molar-refractivity contribution is -0.123. The number of aryl methyl sites for hydroxylation is 1. The molecular formula is C17H26N2O2. The molecule has 0 spiro atoms. The fourth-order valence-corrected chi connectivity index (χ4v) is 2.57. The maximum Gasteiger partial charge on any atom is 0.236 e. The third kappa shape index (κ3) is 5.14. The number of nitrogens with two attached hydrogens (primary N) is 1. The molecule has 1 aromatic rings. The largest absolute Gasteiger partial charge is 0.381 e. The number of hydrogen-bond acceptors (Lipinski definition) is 3. The number of rotatable bonds is 6. The summed E-state index contributed by atoms with van der Waals surface area (Å²) in [5.74, 6) is -0.0429. The molecule has 1 aliphatic rings. The fourth-order valence-electron chi connectivity index (χ4n) is 2.57. The normalized spacial score (nSPS) is 19.0. The van der Waals surface area contributed by atoms with Crippen LogP contribution in [0.2, 0.25) is 0 Å². The molecule has 1 heterocycles. The highest BCUT2D eigenvalue weighted by atomic mass is 16.5. The SMILES string of the molecule is CC1(CNC(=O)C(N)CCc2ccccc2)CCOCC1. The molecule has 0 saturated carbocycles. The lowest BCUT2D eigenvalue weighted by Gasteiger charge is -2.33. The van der Waals surface area contributed by atoms with E-state index in [0.29, 0.717) is 13.0 Å². The topological polar surface area (TPSA) is 64.4 Å². The zero-order valence-electron chi connectivity index (χ0n) is 12.8. The molecule has 1 fully saturated rings. The highest BCUT2D eigenvalue weighted by molar-refractivity contribution is 5.81. The smallest absolute Gasteiger partial charge is 0.236 e. The first-order chi connectivity index (χ1) is 10.1. The number of benzene rings is 1. The Labute approximate surface area is 127 Å². The van der Waals surface area contributed by atoms with Crippen molar-refractivity contribution < 1.29 is 9.53 Å². The van der Waals surface area contributed by atoms with Gasteiger partial charge < -0.3 is 15.8 Å². The first kappa shape index (κ1) is 16.0. The van der Waals surface area contributed by atoms with Crippen LogP contribution in [0.3, 0.4) is 0 Å². The molecule has 4 heteroatoms. The molecule has 0 aromatic heterocycles. The Morgan fingerprint density at radius 1 is 1.33 bits per heavy atom. The van der Waals surface area contributed by atoms with Gasteiger partial charge in [0.2, 0.25) is 5.91 Å². The quantitative estimate of drug-likeness (QED) is 0.841. The maximum absolute atomic E-state index is 12.1. The first-order valence-electron chi connectivity index (χ1n) is 7.74. The molecule has 1 atom stereocenters. The number of carbonyl (C=O) groups is 1. The van der Waals surface area contributed by atoms with Crippen molar-refractivity contribution in [1.82, 2.24) is 5.32 Å². The van der Waals surface area contributed by atoms with Crippen LogP contribution in [0.4, 0.5) is 0 Å². The third-order valence-corrected chi connectivity index (χ3v) is 4.31. The Morgan fingerprint density at radius 2 is 2.00 bits per heavy atom. The van der Waals surface area contributed by atoms with E-state index in [9.17, 15) is 4.79 Å². The van der Waals surface area contributed by atoms with Crippen LogP contribution in [0.1, 0.15) is 31.7 Å².